The molecule has 4 heteroatoms. The van der Waals surface area contributed by atoms with Crippen LogP contribution in [0.25, 0.3) is 0 Å². The molecule has 1 fully saturated rings. The Hall–Kier alpha value is 1.40. The molecule has 0 radical (unpaired) electrons. The van der Waals surface area contributed by atoms with Crippen molar-refractivity contribution in [2.45, 2.75) is 28.3 Å². The monoisotopic (exact) mass is 226 g/mol. The zero-order valence-electron chi connectivity index (χ0n) is 6.82. The Bertz CT molecular complexity index is 111. The summed E-state index contributed by atoms with van der Waals surface area (Å²) in [6, 6.07) is 0. The molecule has 0 aromatic rings. The summed E-state index contributed by atoms with van der Waals surface area (Å²) in [6.45, 7) is 4.42. The van der Waals surface area contributed by atoms with Gasteiger partial charge >= 0.3 is 0 Å². The molecule has 2 atom stereocenters. The van der Waals surface area contributed by atoms with Crippen molar-refractivity contribution in [1.82, 2.24) is 0 Å². The predicted octanol–water partition coefficient (Wildman–Crippen LogP) is 3.19. The van der Waals surface area contributed by atoms with Crippen LogP contribution in [0.4, 0.5) is 0 Å². The van der Waals surface area contributed by atoms with Crippen LogP contribution in [0.5, 0.6) is 0 Å². The first-order valence-electron chi connectivity index (χ1n) is 3.75. The van der Waals surface area contributed by atoms with Gasteiger partial charge in [-0.1, -0.05) is 0 Å². The lowest BCUT2D eigenvalue weighted by Crippen LogP contribution is -2.22. The SMILES string of the molecule is CC(S)SC(C)SC1CSC1. The minimum Gasteiger partial charge on any atom is -0.165 e. The highest BCUT2D eigenvalue weighted by atomic mass is 32.2. The van der Waals surface area contributed by atoms with Crippen LogP contribution in [0.3, 0.4) is 0 Å². The van der Waals surface area contributed by atoms with Gasteiger partial charge in [-0.05, 0) is 13.8 Å². The Kier molecular flexibility index (Phi) is 4.95. The molecular weight excluding hydrogens is 212 g/mol. The van der Waals surface area contributed by atoms with Crippen LogP contribution in [0.2, 0.25) is 0 Å². The maximum absolute atomic E-state index is 4.35. The van der Waals surface area contributed by atoms with Gasteiger partial charge in [0, 0.05) is 25.9 Å². The normalized spacial score (nSPS) is 24.3. The molecule has 0 aromatic carbocycles. The third kappa shape index (κ3) is 4.25. The highest BCUT2D eigenvalue weighted by molar-refractivity contribution is 8.22. The van der Waals surface area contributed by atoms with E-state index in [1.165, 1.54) is 11.5 Å². The smallest absolute Gasteiger partial charge is 0.0488 e. The topological polar surface area (TPSA) is 0 Å². The van der Waals surface area contributed by atoms with E-state index in [0.29, 0.717) is 9.16 Å². The van der Waals surface area contributed by atoms with Crippen molar-refractivity contribution in [3.05, 3.63) is 0 Å². The summed E-state index contributed by atoms with van der Waals surface area (Å²) in [5.41, 5.74) is 0. The lowest BCUT2D eigenvalue weighted by atomic mass is 10.5. The molecule has 0 aliphatic carbocycles. The third-order valence-corrected chi connectivity index (χ3v) is 5.99. The summed E-state index contributed by atoms with van der Waals surface area (Å²) < 4.78 is 1.19. The first-order chi connectivity index (χ1) is 5.18. The van der Waals surface area contributed by atoms with Gasteiger partial charge in [0.15, 0.2) is 0 Å². The van der Waals surface area contributed by atoms with E-state index >= 15 is 0 Å². The van der Waals surface area contributed by atoms with Crippen LogP contribution in [0, 0.1) is 0 Å². The van der Waals surface area contributed by atoms with E-state index < -0.39 is 0 Å². The highest BCUT2D eigenvalue weighted by Crippen LogP contribution is 2.37. The van der Waals surface area contributed by atoms with Crippen LogP contribution in [0.1, 0.15) is 13.8 Å². The molecule has 0 spiro atoms. The van der Waals surface area contributed by atoms with Crippen molar-refractivity contribution in [2.24, 2.45) is 0 Å². The molecule has 0 saturated carbocycles. The zero-order chi connectivity index (χ0) is 8.27. The van der Waals surface area contributed by atoms with Gasteiger partial charge in [0.2, 0.25) is 0 Å². The summed E-state index contributed by atoms with van der Waals surface area (Å²) in [5.74, 6) is 2.72. The first-order valence-corrected chi connectivity index (χ1v) is 7.31. The standard InChI is InChI=1S/C7H14S4/c1-5(8)10-6(2)11-7-3-9-4-7/h5-8H,3-4H2,1-2H3. The molecule has 1 saturated heterocycles. The van der Waals surface area contributed by atoms with E-state index in [1.54, 1.807) is 0 Å². The van der Waals surface area contributed by atoms with Crippen LogP contribution >= 0.6 is 47.9 Å². The van der Waals surface area contributed by atoms with Gasteiger partial charge in [0.25, 0.3) is 0 Å². The van der Waals surface area contributed by atoms with Crippen molar-refractivity contribution >= 4 is 47.9 Å². The number of thiol groups is 1. The number of thioether (sulfide) groups is 3. The molecule has 66 valence electrons. The van der Waals surface area contributed by atoms with Crippen LogP contribution < -0.4 is 0 Å². The number of rotatable bonds is 4. The maximum atomic E-state index is 4.35. The Morgan fingerprint density at radius 1 is 1.45 bits per heavy atom. The van der Waals surface area contributed by atoms with E-state index in [9.17, 15) is 0 Å². The third-order valence-electron chi connectivity index (χ3n) is 1.38. The average Bonchev–Trinajstić information content (AvgIpc) is 1.77. The molecule has 1 rings (SSSR count). The van der Waals surface area contributed by atoms with Gasteiger partial charge in [-0.25, -0.2) is 0 Å². The average molecular weight is 226 g/mol. The highest BCUT2D eigenvalue weighted by Gasteiger charge is 2.21. The molecule has 1 aliphatic heterocycles. The van der Waals surface area contributed by atoms with Crippen molar-refractivity contribution in [3.63, 3.8) is 0 Å². The quantitative estimate of drug-likeness (QED) is 0.578. The second-order valence-corrected chi connectivity index (χ2v) is 8.43. The van der Waals surface area contributed by atoms with Crippen molar-refractivity contribution < 1.29 is 0 Å². The minimum absolute atomic E-state index is 0.477. The minimum atomic E-state index is 0.477. The van der Waals surface area contributed by atoms with Gasteiger partial charge in [-0.2, -0.15) is 24.4 Å². The summed E-state index contributed by atoms with van der Waals surface area (Å²) in [4.78, 5) is 0. The van der Waals surface area contributed by atoms with Crippen LogP contribution in [-0.4, -0.2) is 25.9 Å². The second-order valence-electron chi connectivity index (χ2n) is 2.60. The Labute approximate surface area is 87.4 Å². The zero-order valence-corrected chi connectivity index (χ0v) is 10.2. The van der Waals surface area contributed by atoms with E-state index in [1.807, 2.05) is 11.8 Å². The van der Waals surface area contributed by atoms with E-state index in [0.717, 1.165) is 5.25 Å². The summed E-state index contributed by atoms with van der Waals surface area (Å²) in [7, 11) is 0. The molecule has 0 amide bonds. The second kappa shape index (κ2) is 5.20. The summed E-state index contributed by atoms with van der Waals surface area (Å²) in [6.07, 6.45) is 0. The number of hydrogen-bond donors (Lipinski definition) is 1. The lowest BCUT2D eigenvalue weighted by molar-refractivity contribution is 1.08. The fraction of sp³-hybridized carbons (Fsp3) is 1.00. The maximum Gasteiger partial charge on any atom is 0.0488 e. The molecule has 0 nitrogen and oxygen atoms in total. The van der Waals surface area contributed by atoms with Gasteiger partial charge in [-0.3, -0.25) is 0 Å². The van der Waals surface area contributed by atoms with E-state index in [2.05, 4.69) is 50.0 Å². The molecule has 2 unspecified atom stereocenters. The van der Waals surface area contributed by atoms with Gasteiger partial charge in [0.1, 0.15) is 0 Å². The van der Waals surface area contributed by atoms with Gasteiger partial charge < -0.3 is 0 Å². The van der Waals surface area contributed by atoms with Gasteiger partial charge in [0.05, 0.1) is 0 Å². The van der Waals surface area contributed by atoms with Crippen molar-refractivity contribution in [3.8, 4) is 0 Å². The van der Waals surface area contributed by atoms with Crippen LogP contribution in [-0.2, 0) is 0 Å². The van der Waals surface area contributed by atoms with Crippen LogP contribution in [0.15, 0.2) is 0 Å². The Morgan fingerprint density at radius 3 is 2.45 bits per heavy atom. The molecule has 11 heavy (non-hydrogen) atoms. The first kappa shape index (κ1) is 10.5. The van der Waals surface area contributed by atoms with Crippen molar-refractivity contribution in [2.75, 3.05) is 11.5 Å². The summed E-state index contributed by atoms with van der Waals surface area (Å²) in [5, 5.41) is 0.926. The van der Waals surface area contributed by atoms with Crippen molar-refractivity contribution in [1.29, 1.82) is 0 Å². The van der Waals surface area contributed by atoms with Gasteiger partial charge in [-0.15, -0.1) is 23.5 Å². The molecule has 1 aliphatic rings. The molecule has 0 aromatic heterocycles. The fourth-order valence-corrected chi connectivity index (χ4v) is 5.63. The molecule has 0 bridgehead atoms. The molecular formula is C7H14S4. The fourth-order valence-electron chi connectivity index (χ4n) is 0.873. The molecule has 0 N–H and O–H groups in total. The largest absolute Gasteiger partial charge is 0.165 e. The summed E-state index contributed by atoms with van der Waals surface area (Å²) >= 11 is 10.5. The Balaban J connectivity index is 2.04. The number of hydrogen-bond acceptors (Lipinski definition) is 4. The lowest BCUT2D eigenvalue weighted by Gasteiger charge is -2.27. The van der Waals surface area contributed by atoms with E-state index in [-0.39, 0.29) is 0 Å². The Morgan fingerprint density at radius 2 is 2.09 bits per heavy atom. The molecule has 1 heterocycles. The predicted molar refractivity (Wildman–Crippen MR) is 64.2 cm³/mol. The van der Waals surface area contributed by atoms with E-state index in [4.69, 9.17) is 0 Å².